The molecular formula is C19H20FN5O. The average Bonchev–Trinajstić information content (AvgIpc) is 3.01. The van der Waals surface area contributed by atoms with Crippen LogP contribution in [0.3, 0.4) is 0 Å². The normalized spacial score (nSPS) is 17.6. The number of piperidine rings is 1. The van der Waals surface area contributed by atoms with Gasteiger partial charge in [0, 0.05) is 38.4 Å². The van der Waals surface area contributed by atoms with Crippen molar-refractivity contribution in [1.82, 2.24) is 24.6 Å². The molecule has 4 rings (SSSR count). The number of carbonyl (C=O) groups excluding carboxylic acids is 1. The Bertz CT molecular complexity index is 937. The lowest BCUT2D eigenvalue weighted by Gasteiger charge is -2.32. The van der Waals surface area contributed by atoms with Crippen molar-refractivity contribution in [2.45, 2.75) is 25.2 Å². The van der Waals surface area contributed by atoms with Crippen LogP contribution >= 0.6 is 0 Å². The molecular weight excluding hydrogens is 333 g/mol. The highest BCUT2D eigenvalue weighted by Crippen LogP contribution is 2.30. The maximum Gasteiger partial charge on any atom is 0.227 e. The highest BCUT2D eigenvalue weighted by molar-refractivity contribution is 5.79. The van der Waals surface area contributed by atoms with Crippen LogP contribution in [-0.4, -0.2) is 43.6 Å². The lowest BCUT2D eigenvalue weighted by molar-refractivity contribution is -0.131. The lowest BCUT2D eigenvalue weighted by Crippen LogP contribution is -2.40. The predicted octanol–water partition coefficient (Wildman–Crippen LogP) is 2.45. The summed E-state index contributed by atoms with van der Waals surface area (Å²) in [6, 6.07) is 6.10. The molecule has 2 aromatic heterocycles. The van der Waals surface area contributed by atoms with E-state index in [-0.39, 0.29) is 24.1 Å². The fraction of sp³-hybridized carbons (Fsp3) is 0.368. The number of halogens is 1. The van der Waals surface area contributed by atoms with Crippen LogP contribution in [0.15, 0.2) is 36.7 Å². The maximum atomic E-state index is 13.0. The first-order valence-electron chi connectivity index (χ1n) is 8.77. The fourth-order valence-electron chi connectivity index (χ4n) is 3.60. The van der Waals surface area contributed by atoms with Crippen LogP contribution in [0.2, 0.25) is 0 Å². The Hall–Kier alpha value is -2.83. The molecule has 0 aliphatic carbocycles. The SMILES string of the molecule is Cn1nc(C2CCCN(C(=O)Cc3ccc(F)cc3)C2)c2nccnc21. The Labute approximate surface area is 150 Å². The third-order valence-corrected chi connectivity index (χ3v) is 4.92. The molecule has 3 aromatic rings. The van der Waals surface area contributed by atoms with Crippen LogP contribution in [0.4, 0.5) is 4.39 Å². The van der Waals surface area contributed by atoms with Crippen molar-refractivity contribution in [3.05, 3.63) is 53.7 Å². The van der Waals surface area contributed by atoms with Gasteiger partial charge in [0.2, 0.25) is 5.91 Å². The Morgan fingerprint density at radius 3 is 2.81 bits per heavy atom. The van der Waals surface area contributed by atoms with Crippen LogP contribution in [0, 0.1) is 5.82 Å². The maximum absolute atomic E-state index is 13.0. The molecule has 134 valence electrons. The number of rotatable bonds is 3. The molecule has 1 unspecified atom stereocenters. The smallest absolute Gasteiger partial charge is 0.227 e. The molecule has 1 aliphatic rings. The number of hydrogen-bond acceptors (Lipinski definition) is 4. The van der Waals surface area contributed by atoms with E-state index in [4.69, 9.17) is 0 Å². The van der Waals surface area contributed by atoms with Crippen LogP contribution in [0.5, 0.6) is 0 Å². The summed E-state index contributed by atoms with van der Waals surface area (Å²) in [6.45, 7) is 1.37. The summed E-state index contributed by atoms with van der Waals surface area (Å²) in [5.41, 5.74) is 3.31. The number of aromatic nitrogens is 4. The molecule has 1 aromatic carbocycles. The van der Waals surface area contributed by atoms with Crippen molar-refractivity contribution >= 4 is 17.1 Å². The third kappa shape index (κ3) is 3.16. The molecule has 1 saturated heterocycles. The number of carbonyl (C=O) groups is 1. The second-order valence-electron chi connectivity index (χ2n) is 6.72. The van der Waals surface area contributed by atoms with Gasteiger partial charge in [0.1, 0.15) is 11.3 Å². The molecule has 1 atom stereocenters. The summed E-state index contributed by atoms with van der Waals surface area (Å²) in [5, 5.41) is 4.61. The third-order valence-electron chi connectivity index (χ3n) is 4.92. The first-order chi connectivity index (χ1) is 12.6. The number of nitrogens with zero attached hydrogens (tertiary/aromatic N) is 5. The van der Waals surface area contributed by atoms with Gasteiger partial charge in [0.05, 0.1) is 12.1 Å². The van der Waals surface area contributed by atoms with E-state index in [1.54, 1.807) is 29.2 Å². The van der Waals surface area contributed by atoms with Crippen LogP contribution in [0.25, 0.3) is 11.2 Å². The van der Waals surface area contributed by atoms with Gasteiger partial charge in [-0.25, -0.2) is 19.0 Å². The van der Waals surface area contributed by atoms with Gasteiger partial charge < -0.3 is 4.90 Å². The monoisotopic (exact) mass is 353 g/mol. The van der Waals surface area contributed by atoms with Crippen molar-refractivity contribution in [3.8, 4) is 0 Å². The van der Waals surface area contributed by atoms with Gasteiger partial charge in [-0.2, -0.15) is 5.10 Å². The van der Waals surface area contributed by atoms with Gasteiger partial charge in [0.25, 0.3) is 0 Å². The zero-order valence-corrected chi connectivity index (χ0v) is 14.6. The summed E-state index contributed by atoms with van der Waals surface area (Å²) in [5.74, 6) is -0.0729. The molecule has 1 aliphatic heterocycles. The fourth-order valence-corrected chi connectivity index (χ4v) is 3.60. The van der Waals surface area contributed by atoms with Gasteiger partial charge in [-0.3, -0.25) is 4.79 Å². The molecule has 0 N–H and O–H groups in total. The second-order valence-corrected chi connectivity index (χ2v) is 6.72. The highest BCUT2D eigenvalue weighted by Gasteiger charge is 2.28. The Balaban J connectivity index is 1.51. The van der Waals surface area contributed by atoms with E-state index in [1.807, 2.05) is 11.9 Å². The van der Waals surface area contributed by atoms with Crippen molar-refractivity contribution in [2.75, 3.05) is 13.1 Å². The molecule has 0 bridgehead atoms. The van der Waals surface area contributed by atoms with Gasteiger partial charge in [0.15, 0.2) is 5.65 Å². The van der Waals surface area contributed by atoms with Crippen LogP contribution in [0.1, 0.15) is 30.0 Å². The zero-order chi connectivity index (χ0) is 18.1. The number of hydrogen-bond donors (Lipinski definition) is 0. The van der Waals surface area contributed by atoms with Gasteiger partial charge in [-0.1, -0.05) is 12.1 Å². The minimum Gasteiger partial charge on any atom is -0.342 e. The van der Waals surface area contributed by atoms with E-state index >= 15 is 0 Å². The highest BCUT2D eigenvalue weighted by atomic mass is 19.1. The topological polar surface area (TPSA) is 63.9 Å². The molecule has 0 radical (unpaired) electrons. The minimum atomic E-state index is -0.289. The summed E-state index contributed by atoms with van der Waals surface area (Å²) >= 11 is 0. The lowest BCUT2D eigenvalue weighted by atomic mass is 9.94. The van der Waals surface area contributed by atoms with E-state index in [0.717, 1.165) is 41.8 Å². The predicted molar refractivity (Wildman–Crippen MR) is 95.0 cm³/mol. The number of aryl methyl sites for hydroxylation is 1. The summed E-state index contributed by atoms with van der Waals surface area (Å²) in [6.07, 6.45) is 5.53. The Morgan fingerprint density at radius 2 is 2.00 bits per heavy atom. The first-order valence-corrected chi connectivity index (χ1v) is 8.77. The Kier molecular flexibility index (Phi) is 4.36. The van der Waals surface area contributed by atoms with Crippen LogP contribution < -0.4 is 0 Å². The van der Waals surface area contributed by atoms with E-state index in [1.165, 1.54) is 12.1 Å². The molecule has 26 heavy (non-hydrogen) atoms. The number of benzene rings is 1. The van der Waals surface area contributed by atoms with Gasteiger partial charge in [-0.05, 0) is 30.5 Å². The van der Waals surface area contributed by atoms with Crippen molar-refractivity contribution in [1.29, 1.82) is 0 Å². The van der Waals surface area contributed by atoms with E-state index in [9.17, 15) is 9.18 Å². The minimum absolute atomic E-state index is 0.0626. The van der Waals surface area contributed by atoms with Crippen molar-refractivity contribution < 1.29 is 9.18 Å². The molecule has 6 nitrogen and oxygen atoms in total. The van der Waals surface area contributed by atoms with Gasteiger partial charge in [-0.15, -0.1) is 0 Å². The van der Waals surface area contributed by atoms with Crippen molar-refractivity contribution in [2.24, 2.45) is 7.05 Å². The van der Waals surface area contributed by atoms with Gasteiger partial charge >= 0.3 is 0 Å². The zero-order valence-electron chi connectivity index (χ0n) is 14.6. The average molecular weight is 353 g/mol. The summed E-state index contributed by atoms with van der Waals surface area (Å²) < 4.78 is 14.8. The first kappa shape index (κ1) is 16.6. The second kappa shape index (κ2) is 6.82. The molecule has 1 fully saturated rings. The van der Waals surface area contributed by atoms with E-state index < -0.39 is 0 Å². The molecule has 3 heterocycles. The summed E-state index contributed by atoms with van der Waals surface area (Å²) in [4.78, 5) is 23.3. The van der Waals surface area contributed by atoms with Crippen molar-refractivity contribution in [3.63, 3.8) is 0 Å². The quantitative estimate of drug-likeness (QED) is 0.726. The molecule has 7 heteroatoms. The van der Waals surface area contributed by atoms with E-state index in [0.29, 0.717) is 6.54 Å². The van der Waals surface area contributed by atoms with Crippen LogP contribution in [-0.2, 0) is 18.3 Å². The number of likely N-dealkylation sites (tertiary alicyclic amines) is 1. The molecule has 0 spiro atoms. The number of fused-ring (bicyclic) bond motifs is 1. The Morgan fingerprint density at radius 1 is 1.23 bits per heavy atom. The largest absolute Gasteiger partial charge is 0.342 e. The van der Waals surface area contributed by atoms with E-state index in [2.05, 4.69) is 15.1 Å². The summed E-state index contributed by atoms with van der Waals surface area (Å²) in [7, 11) is 1.86. The molecule has 1 amide bonds. The number of amides is 1. The standard InChI is InChI=1S/C19H20FN5O/c1-24-19-18(21-8-9-22-19)17(23-24)14-3-2-10-25(12-14)16(26)11-13-4-6-15(20)7-5-13/h4-9,14H,2-3,10-12H2,1H3. The molecule has 0 saturated carbocycles.